The Morgan fingerprint density at radius 3 is 2.65 bits per heavy atom. The van der Waals surface area contributed by atoms with Crippen molar-refractivity contribution in [2.45, 2.75) is 40.2 Å². The number of hydrogen-bond acceptors (Lipinski definition) is 2. The number of imidazole rings is 1. The van der Waals surface area contributed by atoms with Gasteiger partial charge in [0.15, 0.2) is 0 Å². The maximum atomic E-state index is 6.07. The molecule has 1 unspecified atom stereocenters. The van der Waals surface area contributed by atoms with E-state index in [1.54, 1.807) is 0 Å². The first-order valence-corrected chi connectivity index (χ1v) is 6.28. The van der Waals surface area contributed by atoms with Crippen molar-refractivity contribution in [1.82, 2.24) is 9.55 Å². The van der Waals surface area contributed by atoms with Gasteiger partial charge in [-0.25, -0.2) is 4.98 Å². The van der Waals surface area contributed by atoms with Crippen LogP contribution >= 0.6 is 0 Å². The predicted molar refractivity (Wildman–Crippen MR) is 73.0 cm³/mol. The van der Waals surface area contributed by atoms with Crippen molar-refractivity contribution < 1.29 is 0 Å². The minimum atomic E-state index is 0.419. The summed E-state index contributed by atoms with van der Waals surface area (Å²) in [7, 11) is 0. The van der Waals surface area contributed by atoms with Crippen LogP contribution in [0.2, 0.25) is 0 Å². The number of nitrogens with two attached hydrogens (primary N) is 1. The molecule has 17 heavy (non-hydrogen) atoms. The number of fused-ring (bicyclic) bond motifs is 1. The zero-order valence-corrected chi connectivity index (χ0v) is 11.1. The van der Waals surface area contributed by atoms with E-state index in [-0.39, 0.29) is 0 Å². The van der Waals surface area contributed by atoms with Crippen LogP contribution in [0.25, 0.3) is 11.0 Å². The molecule has 0 saturated carbocycles. The number of benzene rings is 1. The molecule has 0 fully saturated rings. The average molecular weight is 231 g/mol. The number of aromatic nitrogens is 2. The Hall–Kier alpha value is -1.51. The number of anilines is 1. The molecule has 0 aliphatic rings. The lowest BCUT2D eigenvalue weighted by atomic mass is 10.0. The van der Waals surface area contributed by atoms with Crippen molar-refractivity contribution in [2.75, 3.05) is 5.73 Å². The van der Waals surface area contributed by atoms with Crippen LogP contribution in [0, 0.1) is 12.8 Å². The fraction of sp³-hybridized carbons (Fsp3) is 0.500. The molecule has 0 amide bonds. The Bertz CT molecular complexity index is 525. The molecule has 2 aromatic rings. The summed E-state index contributed by atoms with van der Waals surface area (Å²) in [5.74, 6) is 1.19. The number of hydrogen-bond donors (Lipinski definition) is 1. The lowest BCUT2D eigenvalue weighted by molar-refractivity contribution is 0.377. The Labute approximate surface area is 103 Å². The minimum Gasteiger partial charge on any atom is -0.369 e. The van der Waals surface area contributed by atoms with Gasteiger partial charge in [0.25, 0.3) is 0 Å². The molecular weight excluding hydrogens is 210 g/mol. The van der Waals surface area contributed by atoms with E-state index in [0.717, 1.165) is 17.5 Å². The van der Waals surface area contributed by atoms with Gasteiger partial charge in [0.05, 0.1) is 11.0 Å². The SMILES string of the molecule is CCC(C(C)C)n1c(N)nc2cc(C)ccc21. The molecule has 1 aromatic heterocycles. The summed E-state index contributed by atoms with van der Waals surface area (Å²) in [5.41, 5.74) is 9.44. The Kier molecular flexibility index (Phi) is 3.09. The van der Waals surface area contributed by atoms with Crippen molar-refractivity contribution >= 4 is 17.0 Å². The predicted octanol–water partition coefficient (Wildman–Crippen LogP) is 3.53. The number of aryl methyl sites for hydroxylation is 1. The molecule has 0 aliphatic carbocycles. The third kappa shape index (κ3) is 2.02. The zero-order chi connectivity index (χ0) is 12.6. The average Bonchev–Trinajstić information content (AvgIpc) is 2.55. The van der Waals surface area contributed by atoms with Gasteiger partial charge >= 0.3 is 0 Å². The topological polar surface area (TPSA) is 43.8 Å². The number of nitrogens with zero attached hydrogens (tertiary/aromatic N) is 2. The van der Waals surface area contributed by atoms with Gasteiger partial charge in [-0.05, 0) is 37.0 Å². The van der Waals surface area contributed by atoms with Crippen LogP contribution in [-0.4, -0.2) is 9.55 Å². The molecule has 0 saturated heterocycles. The fourth-order valence-electron chi connectivity index (χ4n) is 2.53. The second kappa shape index (κ2) is 4.40. The molecule has 2 N–H and O–H groups in total. The molecule has 1 aromatic carbocycles. The van der Waals surface area contributed by atoms with Crippen molar-refractivity contribution in [3.63, 3.8) is 0 Å². The molecule has 0 spiro atoms. The first-order chi connectivity index (χ1) is 8.04. The summed E-state index contributed by atoms with van der Waals surface area (Å²) in [6, 6.07) is 6.75. The van der Waals surface area contributed by atoms with E-state index in [0.29, 0.717) is 17.9 Å². The van der Waals surface area contributed by atoms with Gasteiger partial charge in [-0.1, -0.05) is 26.8 Å². The van der Waals surface area contributed by atoms with E-state index in [4.69, 9.17) is 5.73 Å². The summed E-state index contributed by atoms with van der Waals surface area (Å²) in [6.07, 6.45) is 1.07. The van der Waals surface area contributed by atoms with Gasteiger partial charge in [-0.2, -0.15) is 0 Å². The molecule has 3 nitrogen and oxygen atoms in total. The second-order valence-electron chi connectivity index (χ2n) is 5.05. The molecule has 1 heterocycles. The molecule has 0 bridgehead atoms. The molecule has 2 rings (SSSR count). The van der Waals surface area contributed by atoms with Crippen molar-refractivity contribution in [1.29, 1.82) is 0 Å². The maximum Gasteiger partial charge on any atom is 0.201 e. The van der Waals surface area contributed by atoms with Gasteiger partial charge < -0.3 is 10.3 Å². The lowest BCUT2D eigenvalue weighted by Gasteiger charge is -2.22. The van der Waals surface area contributed by atoms with E-state index in [1.807, 2.05) is 0 Å². The van der Waals surface area contributed by atoms with Crippen LogP contribution in [0.4, 0.5) is 5.95 Å². The smallest absolute Gasteiger partial charge is 0.201 e. The van der Waals surface area contributed by atoms with Gasteiger partial charge in [-0.15, -0.1) is 0 Å². The van der Waals surface area contributed by atoms with Crippen LogP contribution in [0.1, 0.15) is 38.8 Å². The van der Waals surface area contributed by atoms with Gasteiger partial charge in [0.2, 0.25) is 5.95 Å². The summed E-state index contributed by atoms with van der Waals surface area (Å²) in [4.78, 5) is 4.47. The number of nitrogen functional groups attached to an aromatic ring is 1. The Morgan fingerprint density at radius 2 is 2.06 bits per heavy atom. The van der Waals surface area contributed by atoms with Crippen LogP contribution in [0.15, 0.2) is 18.2 Å². The quantitative estimate of drug-likeness (QED) is 0.878. The highest BCUT2D eigenvalue weighted by Crippen LogP contribution is 2.29. The molecular formula is C14H21N3. The van der Waals surface area contributed by atoms with E-state index in [9.17, 15) is 0 Å². The Morgan fingerprint density at radius 1 is 1.35 bits per heavy atom. The fourth-order valence-corrected chi connectivity index (χ4v) is 2.53. The number of rotatable bonds is 3. The highest BCUT2D eigenvalue weighted by atomic mass is 15.2. The third-order valence-corrected chi connectivity index (χ3v) is 3.39. The van der Waals surface area contributed by atoms with Crippen LogP contribution in [0.3, 0.4) is 0 Å². The van der Waals surface area contributed by atoms with Gasteiger partial charge in [0, 0.05) is 6.04 Å². The highest BCUT2D eigenvalue weighted by molar-refractivity contribution is 5.79. The van der Waals surface area contributed by atoms with E-state index >= 15 is 0 Å². The Balaban J connectivity index is 2.63. The lowest BCUT2D eigenvalue weighted by Crippen LogP contribution is -2.16. The summed E-state index contributed by atoms with van der Waals surface area (Å²) < 4.78 is 2.18. The van der Waals surface area contributed by atoms with E-state index in [1.165, 1.54) is 5.56 Å². The summed E-state index contributed by atoms with van der Waals surface area (Å²) in [6.45, 7) is 8.74. The normalized spacial score (nSPS) is 13.5. The summed E-state index contributed by atoms with van der Waals surface area (Å²) >= 11 is 0. The standard InChI is InChI=1S/C14H21N3/c1-5-12(9(2)3)17-13-7-6-10(4)8-11(13)16-14(17)15/h6-9,12H,5H2,1-4H3,(H2,15,16). The molecule has 0 aliphatic heterocycles. The molecule has 3 heteroatoms. The second-order valence-corrected chi connectivity index (χ2v) is 5.05. The van der Waals surface area contributed by atoms with Crippen LogP contribution in [0.5, 0.6) is 0 Å². The maximum absolute atomic E-state index is 6.07. The first kappa shape index (κ1) is 12.0. The molecule has 92 valence electrons. The third-order valence-electron chi connectivity index (χ3n) is 3.39. The van der Waals surface area contributed by atoms with Crippen molar-refractivity contribution in [3.05, 3.63) is 23.8 Å². The van der Waals surface area contributed by atoms with Gasteiger partial charge in [-0.3, -0.25) is 0 Å². The summed E-state index contributed by atoms with van der Waals surface area (Å²) in [5, 5.41) is 0. The molecule has 1 atom stereocenters. The van der Waals surface area contributed by atoms with E-state index < -0.39 is 0 Å². The first-order valence-electron chi connectivity index (χ1n) is 6.28. The van der Waals surface area contributed by atoms with Crippen LogP contribution < -0.4 is 5.73 Å². The largest absolute Gasteiger partial charge is 0.369 e. The van der Waals surface area contributed by atoms with Crippen molar-refractivity contribution in [2.24, 2.45) is 5.92 Å². The van der Waals surface area contributed by atoms with Crippen molar-refractivity contribution in [3.8, 4) is 0 Å². The zero-order valence-electron chi connectivity index (χ0n) is 11.1. The monoisotopic (exact) mass is 231 g/mol. The van der Waals surface area contributed by atoms with Gasteiger partial charge in [0.1, 0.15) is 0 Å². The highest BCUT2D eigenvalue weighted by Gasteiger charge is 2.19. The minimum absolute atomic E-state index is 0.419. The molecule has 0 radical (unpaired) electrons. The van der Waals surface area contributed by atoms with Crippen LogP contribution in [-0.2, 0) is 0 Å². The van der Waals surface area contributed by atoms with E-state index in [2.05, 4.69) is 55.4 Å².